The number of esters is 1. The van der Waals surface area contributed by atoms with Crippen LogP contribution in [-0.4, -0.2) is 17.5 Å². The Labute approximate surface area is 84.6 Å². The van der Waals surface area contributed by atoms with Gasteiger partial charge >= 0.3 is 5.97 Å². The van der Waals surface area contributed by atoms with Crippen molar-refractivity contribution in [3.8, 4) is 0 Å². The first kappa shape index (κ1) is 10.8. The zero-order valence-electron chi connectivity index (χ0n) is 8.09. The van der Waals surface area contributed by atoms with Gasteiger partial charge in [-0.1, -0.05) is 13.3 Å². The summed E-state index contributed by atoms with van der Waals surface area (Å²) in [5.41, 5.74) is 0. The number of halogens is 1. The van der Waals surface area contributed by atoms with Gasteiger partial charge in [-0.25, -0.2) is 0 Å². The third-order valence-corrected chi connectivity index (χ3v) is 2.86. The molecule has 1 aliphatic carbocycles. The van der Waals surface area contributed by atoms with Crippen molar-refractivity contribution < 1.29 is 9.53 Å². The number of hydrogen-bond acceptors (Lipinski definition) is 2. The summed E-state index contributed by atoms with van der Waals surface area (Å²) in [4.78, 5) is 11.2. The molecule has 0 unspecified atom stereocenters. The number of rotatable bonds is 3. The van der Waals surface area contributed by atoms with Gasteiger partial charge in [-0.05, 0) is 25.7 Å². The highest BCUT2D eigenvalue weighted by Gasteiger charge is 2.25. The SMILES string of the molecule is CCCC(=O)O[C@@H]1CCCC[C@H]1Cl. The number of alkyl halides is 1. The standard InChI is InChI=1S/C10H17ClO2/c1-2-5-10(12)13-9-7-4-3-6-8(9)11/h8-9H,2-7H2,1H3/t8-,9-/m1/s1. The number of carbonyl (C=O) groups is 1. The van der Waals surface area contributed by atoms with Gasteiger partial charge in [0.25, 0.3) is 0 Å². The topological polar surface area (TPSA) is 26.3 Å². The van der Waals surface area contributed by atoms with E-state index in [4.69, 9.17) is 16.3 Å². The van der Waals surface area contributed by atoms with Crippen molar-refractivity contribution in [1.29, 1.82) is 0 Å². The molecule has 1 rings (SSSR count). The third-order valence-electron chi connectivity index (χ3n) is 2.36. The van der Waals surface area contributed by atoms with Crippen LogP contribution in [0.25, 0.3) is 0 Å². The minimum atomic E-state index is -0.0972. The molecule has 0 amide bonds. The second kappa shape index (κ2) is 5.48. The Balaban J connectivity index is 2.29. The van der Waals surface area contributed by atoms with E-state index in [1.165, 1.54) is 0 Å². The zero-order chi connectivity index (χ0) is 9.68. The van der Waals surface area contributed by atoms with E-state index in [0.29, 0.717) is 6.42 Å². The minimum Gasteiger partial charge on any atom is -0.461 e. The lowest BCUT2D eigenvalue weighted by atomic mass is 9.97. The fraction of sp³-hybridized carbons (Fsp3) is 0.900. The van der Waals surface area contributed by atoms with E-state index in [2.05, 4.69) is 0 Å². The van der Waals surface area contributed by atoms with Crippen molar-refractivity contribution in [2.75, 3.05) is 0 Å². The molecular formula is C10H17ClO2. The molecule has 2 atom stereocenters. The molecule has 0 saturated heterocycles. The summed E-state index contributed by atoms with van der Waals surface area (Å²) in [6, 6.07) is 0. The summed E-state index contributed by atoms with van der Waals surface area (Å²) in [7, 11) is 0. The van der Waals surface area contributed by atoms with Crippen LogP contribution in [0.15, 0.2) is 0 Å². The van der Waals surface area contributed by atoms with Crippen molar-refractivity contribution in [3.63, 3.8) is 0 Å². The first-order valence-electron chi connectivity index (χ1n) is 5.07. The molecule has 0 heterocycles. The van der Waals surface area contributed by atoms with Gasteiger partial charge < -0.3 is 4.74 Å². The molecule has 13 heavy (non-hydrogen) atoms. The van der Waals surface area contributed by atoms with Gasteiger partial charge in [0.1, 0.15) is 6.10 Å². The van der Waals surface area contributed by atoms with Crippen molar-refractivity contribution in [2.24, 2.45) is 0 Å². The van der Waals surface area contributed by atoms with Crippen LogP contribution in [0, 0.1) is 0 Å². The zero-order valence-corrected chi connectivity index (χ0v) is 8.85. The van der Waals surface area contributed by atoms with E-state index in [1.807, 2.05) is 6.92 Å². The average Bonchev–Trinajstić information content (AvgIpc) is 2.09. The number of ether oxygens (including phenoxy) is 1. The summed E-state index contributed by atoms with van der Waals surface area (Å²) >= 11 is 6.05. The predicted octanol–water partition coefficient (Wildman–Crippen LogP) is 2.88. The van der Waals surface area contributed by atoms with E-state index in [9.17, 15) is 4.79 Å². The van der Waals surface area contributed by atoms with Crippen LogP contribution in [0.2, 0.25) is 0 Å². The van der Waals surface area contributed by atoms with Crippen LogP contribution >= 0.6 is 11.6 Å². The molecule has 0 radical (unpaired) electrons. The number of carbonyl (C=O) groups excluding carboxylic acids is 1. The molecule has 76 valence electrons. The highest BCUT2D eigenvalue weighted by Crippen LogP contribution is 2.25. The summed E-state index contributed by atoms with van der Waals surface area (Å²) in [5, 5.41) is 0.0366. The van der Waals surface area contributed by atoms with Gasteiger partial charge in [-0.15, -0.1) is 11.6 Å². The van der Waals surface area contributed by atoms with E-state index in [-0.39, 0.29) is 17.5 Å². The summed E-state index contributed by atoms with van der Waals surface area (Å²) < 4.78 is 5.27. The van der Waals surface area contributed by atoms with E-state index >= 15 is 0 Å². The third kappa shape index (κ3) is 3.55. The average molecular weight is 205 g/mol. The molecule has 0 N–H and O–H groups in total. The van der Waals surface area contributed by atoms with Gasteiger partial charge in [0.05, 0.1) is 5.38 Å². The largest absolute Gasteiger partial charge is 0.461 e. The molecule has 2 nitrogen and oxygen atoms in total. The normalized spacial score (nSPS) is 28.5. The molecule has 0 aromatic heterocycles. The van der Waals surface area contributed by atoms with Crippen molar-refractivity contribution in [1.82, 2.24) is 0 Å². The molecule has 0 spiro atoms. The van der Waals surface area contributed by atoms with Gasteiger partial charge in [-0.2, -0.15) is 0 Å². The molecule has 0 aromatic rings. The Morgan fingerprint density at radius 2 is 2.15 bits per heavy atom. The molecule has 0 aromatic carbocycles. The van der Waals surface area contributed by atoms with Crippen molar-refractivity contribution in [2.45, 2.75) is 56.9 Å². The summed E-state index contributed by atoms with van der Waals surface area (Å²) in [6.45, 7) is 1.97. The second-order valence-corrected chi connectivity index (χ2v) is 4.14. The van der Waals surface area contributed by atoms with E-state index in [1.54, 1.807) is 0 Å². The smallest absolute Gasteiger partial charge is 0.306 e. The maximum atomic E-state index is 11.2. The maximum Gasteiger partial charge on any atom is 0.306 e. The molecule has 0 bridgehead atoms. The minimum absolute atomic E-state index is 0.0329. The second-order valence-electron chi connectivity index (χ2n) is 3.58. The van der Waals surface area contributed by atoms with Gasteiger partial charge in [0.2, 0.25) is 0 Å². The lowest BCUT2D eigenvalue weighted by Crippen LogP contribution is -2.30. The number of hydrogen-bond donors (Lipinski definition) is 0. The summed E-state index contributed by atoms with van der Waals surface area (Å²) in [6.07, 6.45) is 5.53. The van der Waals surface area contributed by atoms with Crippen LogP contribution in [0.1, 0.15) is 45.4 Å². The first-order chi connectivity index (χ1) is 6.24. The van der Waals surface area contributed by atoms with Crippen LogP contribution in [0.5, 0.6) is 0 Å². The Morgan fingerprint density at radius 1 is 1.46 bits per heavy atom. The highest BCUT2D eigenvalue weighted by atomic mass is 35.5. The lowest BCUT2D eigenvalue weighted by Gasteiger charge is -2.26. The highest BCUT2D eigenvalue weighted by molar-refractivity contribution is 6.21. The molecule has 3 heteroatoms. The molecule has 0 aliphatic heterocycles. The maximum absolute atomic E-state index is 11.2. The van der Waals surface area contributed by atoms with Crippen LogP contribution in [-0.2, 0) is 9.53 Å². The molecule has 1 aliphatic rings. The molecular weight excluding hydrogens is 188 g/mol. The quantitative estimate of drug-likeness (QED) is 0.522. The Bertz CT molecular complexity index is 170. The van der Waals surface area contributed by atoms with Crippen molar-refractivity contribution in [3.05, 3.63) is 0 Å². The fourth-order valence-electron chi connectivity index (χ4n) is 1.62. The monoisotopic (exact) mass is 204 g/mol. The van der Waals surface area contributed by atoms with Crippen molar-refractivity contribution >= 4 is 17.6 Å². The van der Waals surface area contributed by atoms with Crippen LogP contribution in [0.3, 0.4) is 0 Å². The molecule has 1 saturated carbocycles. The van der Waals surface area contributed by atoms with E-state index < -0.39 is 0 Å². The first-order valence-corrected chi connectivity index (χ1v) is 5.51. The van der Waals surface area contributed by atoms with E-state index in [0.717, 1.165) is 32.1 Å². The Hall–Kier alpha value is -0.240. The van der Waals surface area contributed by atoms with Gasteiger partial charge in [0, 0.05) is 6.42 Å². The predicted molar refractivity (Wildman–Crippen MR) is 52.9 cm³/mol. The Morgan fingerprint density at radius 3 is 2.77 bits per heavy atom. The Kier molecular flexibility index (Phi) is 4.57. The fourth-order valence-corrected chi connectivity index (χ4v) is 1.95. The molecule has 1 fully saturated rings. The van der Waals surface area contributed by atoms with Crippen LogP contribution in [0.4, 0.5) is 0 Å². The van der Waals surface area contributed by atoms with Gasteiger partial charge in [0.15, 0.2) is 0 Å². The lowest BCUT2D eigenvalue weighted by molar-refractivity contribution is -0.150. The summed E-state index contributed by atoms with van der Waals surface area (Å²) in [5.74, 6) is -0.0972. The van der Waals surface area contributed by atoms with Crippen LogP contribution < -0.4 is 0 Å². The van der Waals surface area contributed by atoms with Gasteiger partial charge in [-0.3, -0.25) is 4.79 Å².